The van der Waals surface area contributed by atoms with E-state index in [4.69, 9.17) is 4.74 Å². The van der Waals surface area contributed by atoms with E-state index in [0.717, 1.165) is 11.4 Å². The van der Waals surface area contributed by atoms with Crippen LogP contribution in [0.4, 0.5) is 5.69 Å². The summed E-state index contributed by atoms with van der Waals surface area (Å²) in [4.78, 5) is 11.1. The lowest BCUT2D eigenvalue weighted by atomic mass is 10.3. The zero-order valence-electron chi connectivity index (χ0n) is 8.77. The third-order valence-corrected chi connectivity index (χ3v) is 2.14. The van der Waals surface area contributed by atoms with Gasteiger partial charge in [-0.05, 0) is 30.3 Å². The molecule has 0 bridgehead atoms. The largest absolute Gasteiger partial charge is 0.497 e. The molecule has 0 unspecified atom stereocenters. The van der Waals surface area contributed by atoms with Crippen LogP contribution in [0, 0.1) is 0 Å². The maximum absolute atomic E-state index is 11.1. The van der Waals surface area contributed by atoms with Crippen molar-refractivity contribution in [2.24, 2.45) is 0 Å². The first-order valence-electron chi connectivity index (χ1n) is 4.78. The second-order valence-corrected chi connectivity index (χ2v) is 3.18. The van der Waals surface area contributed by atoms with E-state index >= 15 is 0 Å². The fourth-order valence-corrected chi connectivity index (χ4v) is 1.26. The molecule has 0 saturated heterocycles. The zero-order valence-corrected chi connectivity index (χ0v) is 8.77. The summed E-state index contributed by atoms with van der Waals surface area (Å²) in [5, 5.41) is 3.00. The molecule has 1 N–H and O–H groups in total. The fraction of sp³-hybridized carbons (Fsp3) is 0.0833. The highest BCUT2D eigenvalue weighted by molar-refractivity contribution is 5.94. The summed E-state index contributed by atoms with van der Waals surface area (Å²) in [7, 11) is 1.61. The van der Waals surface area contributed by atoms with Crippen LogP contribution in [0.5, 0.6) is 5.75 Å². The Morgan fingerprint density at radius 2 is 2.06 bits per heavy atom. The molecule has 1 aliphatic heterocycles. The third kappa shape index (κ3) is 2.23. The van der Waals surface area contributed by atoms with E-state index in [0.29, 0.717) is 5.57 Å². The number of esters is 1. The van der Waals surface area contributed by atoms with Gasteiger partial charge in [-0.3, -0.25) is 0 Å². The van der Waals surface area contributed by atoms with Gasteiger partial charge in [0.25, 0.3) is 0 Å². The summed E-state index contributed by atoms with van der Waals surface area (Å²) in [5.41, 5.74) is 1.37. The van der Waals surface area contributed by atoms with Crippen molar-refractivity contribution in [1.82, 2.24) is 0 Å². The zero-order chi connectivity index (χ0) is 11.4. The number of ether oxygens (including phenoxy) is 2. The second-order valence-electron chi connectivity index (χ2n) is 3.18. The minimum absolute atomic E-state index is 0.346. The molecule has 0 radical (unpaired) electrons. The van der Waals surface area contributed by atoms with Gasteiger partial charge in [0.2, 0.25) is 0 Å². The van der Waals surface area contributed by atoms with E-state index in [2.05, 4.69) is 10.1 Å². The highest BCUT2D eigenvalue weighted by Crippen LogP contribution is 2.16. The summed E-state index contributed by atoms with van der Waals surface area (Å²) in [6.45, 7) is 0. The molecule has 82 valence electrons. The van der Waals surface area contributed by atoms with Crippen molar-refractivity contribution in [2.75, 3.05) is 12.4 Å². The Labute approximate surface area is 93.2 Å². The lowest BCUT2D eigenvalue weighted by molar-refractivity contribution is -0.132. The molecular formula is C12H11NO3. The first kappa shape index (κ1) is 10.3. The van der Waals surface area contributed by atoms with Crippen molar-refractivity contribution in [3.05, 3.63) is 48.4 Å². The Bertz CT molecular complexity index is 446. The van der Waals surface area contributed by atoms with Gasteiger partial charge in [0.1, 0.15) is 5.75 Å². The number of methoxy groups -OCH3 is 1. The van der Waals surface area contributed by atoms with Gasteiger partial charge in [0, 0.05) is 11.9 Å². The number of carbonyl (C=O) groups is 1. The smallest absolute Gasteiger partial charge is 0.344 e. The van der Waals surface area contributed by atoms with Crippen molar-refractivity contribution in [2.45, 2.75) is 0 Å². The van der Waals surface area contributed by atoms with Gasteiger partial charge in [-0.1, -0.05) is 0 Å². The molecule has 0 fully saturated rings. The van der Waals surface area contributed by atoms with Crippen molar-refractivity contribution >= 4 is 11.7 Å². The summed E-state index contributed by atoms with van der Waals surface area (Å²) in [5.74, 6) is 0.444. The van der Waals surface area contributed by atoms with Crippen molar-refractivity contribution in [3.8, 4) is 5.75 Å². The number of cyclic esters (lactones) is 1. The molecule has 0 amide bonds. The molecule has 2 rings (SSSR count). The van der Waals surface area contributed by atoms with Crippen LogP contribution in [-0.4, -0.2) is 13.1 Å². The monoisotopic (exact) mass is 217 g/mol. The molecule has 4 heteroatoms. The van der Waals surface area contributed by atoms with Gasteiger partial charge in [-0.2, -0.15) is 0 Å². The van der Waals surface area contributed by atoms with Crippen LogP contribution in [0.1, 0.15) is 0 Å². The molecule has 4 nitrogen and oxygen atoms in total. The number of benzene rings is 1. The standard InChI is InChI=1S/C12H11NO3/c1-15-11-4-2-10(3-5-11)13-8-9-6-7-16-12(9)14/h2-8,13H,1H3. The molecule has 0 spiro atoms. The Hall–Kier alpha value is -2.23. The SMILES string of the molecule is COc1ccc(NC=C2C=COC2=O)cc1. The van der Waals surface area contributed by atoms with Crippen LogP contribution >= 0.6 is 0 Å². The Kier molecular flexibility index (Phi) is 2.91. The third-order valence-electron chi connectivity index (χ3n) is 2.14. The fourth-order valence-electron chi connectivity index (χ4n) is 1.26. The molecule has 0 aliphatic carbocycles. The summed E-state index contributed by atoms with van der Waals surface area (Å²) in [6.07, 6.45) is 4.58. The predicted molar refractivity (Wildman–Crippen MR) is 59.9 cm³/mol. The van der Waals surface area contributed by atoms with Crippen molar-refractivity contribution in [1.29, 1.82) is 0 Å². The van der Waals surface area contributed by atoms with Crippen molar-refractivity contribution < 1.29 is 14.3 Å². The maximum atomic E-state index is 11.1. The average Bonchev–Trinajstić information content (AvgIpc) is 2.73. The maximum Gasteiger partial charge on any atom is 0.344 e. The van der Waals surface area contributed by atoms with E-state index in [1.807, 2.05) is 24.3 Å². The highest BCUT2D eigenvalue weighted by Gasteiger charge is 2.12. The lowest BCUT2D eigenvalue weighted by Gasteiger charge is -2.03. The quantitative estimate of drug-likeness (QED) is 0.622. The van der Waals surface area contributed by atoms with Gasteiger partial charge in [0.15, 0.2) is 0 Å². The summed E-state index contributed by atoms with van der Waals surface area (Å²) >= 11 is 0. The number of anilines is 1. The number of hydrogen-bond acceptors (Lipinski definition) is 4. The van der Waals surface area contributed by atoms with Crippen LogP contribution < -0.4 is 10.1 Å². The second kappa shape index (κ2) is 4.53. The molecule has 1 aromatic rings. The van der Waals surface area contributed by atoms with E-state index in [1.165, 1.54) is 6.26 Å². The molecule has 1 heterocycles. The van der Waals surface area contributed by atoms with E-state index in [9.17, 15) is 4.79 Å². The van der Waals surface area contributed by atoms with E-state index in [-0.39, 0.29) is 5.97 Å². The van der Waals surface area contributed by atoms with Crippen LogP contribution in [-0.2, 0) is 9.53 Å². The molecule has 0 atom stereocenters. The topological polar surface area (TPSA) is 47.6 Å². The Morgan fingerprint density at radius 3 is 2.62 bits per heavy atom. The molecule has 0 aromatic heterocycles. The van der Waals surface area contributed by atoms with Crippen LogP contribution in [0.25, 0.3) is 0 Å². The molecule has 1 aliphatic rings. The van der Waals surface area contributed by atoms with Gasteiger partial charge < -0.3 is 14.8 Å². The highest BCUT2D eigenvalue weighted by atomic mass is 16.5. The van der Waals surface area contributed by atoms with E-state index in [1.54, 1.807) is 19.4 Å². The minimum Gasteiger partial charge on any atom is -0.497 e. The van der Waals surface area contributed by atoms with Crippen LogP contribution in [0.3, 0.4) is 0 Å². The van der Waals surface area contributed by atoms with Crippen LogP contribution in [0.2, 0.25) is 0 Å². The minimum atomic E-state index is -0.346. The summed E-state index contributed by atoms with van der Waals surface area (Å²) < 4.78 is 9.68. The number of nitrogens with one attached hydrogen (secondary N) is 1. The number of carbonyl (C=O) groups excluding carboxylic acids is 1. The van der Waals surface area contributed by atoms with Gasteiger partial charge in [-0.25, -0.2) is 4.79 Å². The number of hydrogen-bond donors (Lipinski definition) is 1. The van der Waals surface area contributed by atoms with Gasteiger partial charge in [-0.15, -0.1) is 0 Å². The van der Waals surface area contributed by atoms with Gasteiger partial charge >= 0.3 is 5.97 Å². The molecule has 0 saturated carbocycles. The van der Waals surface area contributed by atoms with Gasteiger partial charge in [0.05, 0.1) is 18.9 Å². The number of rotatable bonds is 3. The van der Waals surface area contributed by atoms with Crippen molar-refractivity contribution in [3.63, 3.8) is 0 Å². The average molecular weight is 217 g/mol. The Morgan fingerprint density at radius 1 is 1.31 bits per heavy atom. The first-order chi connectivity index (χ1) is 7.79. The Balaban J connectivity index is 2.04. The first-order valence-corrected chi connectivity index (χ1v) is 4.78. The predicted octanol–water partition coefficient (Wildman–Crippen LogP) is 2.06. The summed E-state index contributed by atoms with van der Waals surface area (Å²) in [6, 6.07) is 7.40. The lowest BCUT2D eigenvalue weighted by Crippen LogP contribution is -1.98. The normalized spacial score (nSPS) is 16.3. The molecule has 1 aromatic carbocycles. The van der Waals surface area contributed by atoms with Crippen LogP contribution in [0.15, 0.2) is 48.4 Å². The van der Waals surface area contributed by atoms with E-state index < -0.39 is 0 Å². The molecular weight excluding hydrogens is 206 g/mol. The molecule has 16 heavy (non-hydrogen) atoms.